The second kappa shape index (κ2) is 6.44. The number of methoxy groups -OCH3 is 1. The van der Waals surface area contributed by atoms with Crippen LogP contribution in [-0.4, -0.2) is 18.2 Å². The van der Waals surface area contributed by atoms with E-state index in [4.69, 9.17) is 9.47 Å². The number of aromatic nitrogens is 1. The Morgan fingerprint density at radius 3 is 2.77 bits per heavy atom. The molecule has 5 nitrogen and oxygen atoms in total. The van der Waals surface area contributed by atoms with Crippen LogP contribution in [0.3, 0.4) is 0 Å². The highest BCUT2D eigenvalue weighted by atomic mass is 32.1. The smallest absolute Gasteiger partial charge is 0.413 e. The van der Waals surface area contributed by atoms with E-state index in [2.05, 4.69) is 10.3 Å². The van der Waals surface area contributed by atoms with Crippen LogP contribution in [0.25, 0.3) is 10.2 Å². The monoisotopic (exact) mass is 314 g/mol. The first-order valence-electron chi connectivity index (χ1n) is 6.67. The van der Waals surface area contributed by atoms with Crippen molar-refractivity contribution < 1.29 is 14.3 Å². The predicted octanol–water partition coefficient (Wildman–Crippen LogP) is 4.05. The van der Waals surface area contributed by atoms with Crippen LogP contribution in [0.4, 0.5) is 9.93 Å². The summed E-state index contributed by atoms with van der Waals surface area (Å²) in [5, 5.41) is 3.13. The molecule has 1 heterocycles. The Morgan fingerprint density at radius 2 is 2.00 bits per heavy atom. The number of benzene rings is 2. The number of hydrogen-bond donors (Lipinski definition) is 1. The Labute approximate surface area is 131 Å². The molecule has 1 aromatic heterocycles. The van der Waals surface area contributed by atoms with Crippen LogP contribution in [0.1, 0.15) is 5.56 Å². The van der Waals surface area contributed by atoms with Gasteiger partial charge in [-0.2, -0.15) is 0 Å². The van der Waals surface area contributed by atoms with E-state index in [-0.39, 0.29) is 6.61 Å². The van der Waals surface area contributed by atoms with Crippen LogP contribution < -0.4 is 10.1 Å². The van der Waals surface area contributed by atoms with E-state index in [0.29, 0.717) is 10.9 Å². The molecule has 1 N–H and O–H groups in total. The Hall–Kier alpha value is -2.60. The van der Waals surface area contributed by atoms with Crippen LogP contribution in [0.5, 0.6) is 5.75 Å². The maximum absolute atomic E-state index is 11.8. The van der Waals surface area contributed by atoms with Gasteiger partial charge in [-0.15, -0.1) is 0 Å². The van der Waals surface area contributed by atoms with Crippen LogP contribution in [0.15, 0.2) is 48.5 Å². The number of para-hydroxylation sites is 1. The van der Waals surface area contributed by atoms with Gasteiger partial charge in [0, 0.05) is 0 Å². The van der Waals surface area contributed by atoms with Crippen molar-refractivity contribution in [2.24, 2.45) is 0 Å². The second-order valence-corrected chi connectivity index (χ2v) is 5.54. The summed E-state index contributed by atoms with van der Waals surface area (Å²) in [6.07, 6.45) is -0.526. The lowest BCUT2D eigenvalue weighted by atomic mass is 10.2. The summed E-state index contributed by atoms with van der Waals surface area (Å²) < 4.78 is 11.4. The minimum absolute atomic E-state index is 0.223. The Morgan fingerprint density at radius 1 is 1.18 bits per heavy atom. The fourth-order valence-electron chi connectivity index (χ4n) is 1.99. The Kier molecular flexibility index (Phi) is 4.20. The van der Waals surface area contributed by atoms with Gasteiger partial charge in [-0.05, 0) is 17.7 Å². The molecular weight excluding hydrogens is 300 g/mol. The molecule has 0 aliphatic carbocycles. The first-order valence-corrected chi connectivity index (χ1v) is 7.49. The molecule has 0 aliphatic rings. The third kappa shape index (κ3) is 3.17. The first kappa shape index (κ1) is 14.3. The number of nitrogens with zero attached hydrogens (tertiary/aromatic N) is 1. The number of ether oxygens (including phenoxy) is 2. The van der Waals surface area contributed by atoms with Crippen molar-refractivity contribution in [3.63, 3.8) is 0 Å². The molecule has 2 aromatic carbocycles. The Balaban J connectivity index is 1.66. The van der Waals surface area contributed by atoms with E-state index in [1.807, 2.05) is 48.5 Å². The number of carbonyl (C=O) groups excluding carboxylic acids is 1. The summed E-state index contributed by atoms with van der Waals surface area (Å²) in [5.41, 5.74) is 1.66. The second-order valence-electron chi connectivity index (χ2n) is 4.51. The zero-order chi connectivity index (χ0) is 15.4. The number of carbonyl (C=O) groups is 1. The fourth-order valence-corrected chi connectivity index (χ4v) is 2.86. The van der Waals surface area contributed by atoms with E-state index in [1.54, 1.807) is 7.11 Å². The van der Waals surface area contributed by atoms with Gasteiger partial charge in [0.1, 0.15) is 17.9 Å². The van der Waals surface area contributed by atoms with Crippen LogP contribution in [0.2, 0.25) is 0 Å². The van der Waals surface area contributed by atoms with Crippen molar-refractivity contribution in [2.45, 2.75) is 6.61 Å². The summed E-state index contributed by atoms with van der Waals surface area (Å²) in [7, 11) is 1.59. The minimum atomic E-state index is -0.526. The van der Waals surface area contributed by atoms with Crippen molar-refractivity contribution >= 4 is 32.8 Å². The standard InChI is InChI=1S/C16H14N2O3S/c1-20-12-8-5-9-13-14(12)17-15(22-13)18-16(19)21-10-11-6-3-2-4-7-11/h2-9H,10H2,1H3,(H,17,18,19). The normalized spacial score (nSPS) is 10.4. The van der Waals surface area contributed by atoms with Gasteiger partial charge in [0.15, 0.2) is 5.13 Å². The van der Waals surface area contributed by atoms with E-state index in [1.165, 1.54) is 11.3 Å². The van der Waals surface area contributed by atoms with Gasteiger partial charge >= 0.3 is 6.09 Å². The number of rotatable bonds is 4. The fraction of sp³-hybridized carbons (Fsp3) is 0.125. The lowest BCUT2D eigenvalue weighted by molar-refractivity contribution is 0.155. The van der Waals surface area contributed by atoms with Crippen LogP contribution >= 0.6 is 11.3 Å². The summed E-state index contributed by atoms with van der Waals surface area (Å²) in [4.78, 5) is 16.2. The average molecular weight is 314 g/mol. The first-order chi connectivity index (χ1) is 10.8. The van der Waals surface area contributed by atoms with Gasteiger partial charge in [0.05, 0.1) is 11.8 Å². The maximum Gasteiger partial charge on any atom is 0.413 e. The highest BCUT2D eigenvalue weighted by molar-refractivity contribution is 7.22. The molecule has 0 unspecified atom stereocenters. The predicted molar refractivity (Wildman–Crippen MR) is 86.4 cm³/mol. The molecule has 22 heavy (non-hydrogen) atoms. The molecule has 0 fully saturated rings. The average Bonchev–Trinajstić information content (AvgIpc) is 2.96. The third-order valence-electron chi connectivity index (χ3n) is 3.02. The zero-order valence-electron chi connectivity index (χ0n) is 11.9. The number of fused-ring (bicyclic) bond motifs is 1. The molecule has 1 amide bonds. The van der Waals surface area contributed by atoms with E-state index < -0.39 is 6.09 Å². The number of amides is 1. The molecule has 0 saturated carbocycles. The molecule has 0 atom stereocenters. The summed E-state index contributed by atoms with van der Waals surface area (Å²) >= 11 is 1.37. The number of thiazole rings is 1. The zero-order valence-corrected chi connectivity index (χ0v) is 12.7. The van der Waals surface area contributed by atoms with Gasteiger partial charge in [-0.25, -0.2) is 9.78 Å². The lowest BCUT2D eigenvalue weighted by Crippen LogP contribution is -2.13. The van der Waals surface area contributed by atoms with Crippen LogP contribution in [-0.2, 0) is 11.3 Å². The lowest BCUT2D eigenvalue weighted by Gasteiger charge is -2.04. The van der Waals surface area contributed by atoms with Crippen molar-refractivity contribution in [2.75, 3.05) is 12.4 Å². The summed E-state index contributed by atoms with van der Waals surface area (Å²) in [6, 6.07) is 15.2. The molecule has 6 heteroatoms. The minimum Gasteiger partial charge on any atom is -0.494 e. The van der Waals surface area contributed by atoms with Crippen molar-refractivity contribution in [1.29, 1.82) is 0 Å². The molecule has 112 valence electrons. The van der Waals surface area contributed by atoms with Gasteiger partial charge in [-0.1, -0.05) is 47.7 Å². The van der Waals surface area contributed by atoms with Gasteiger partial charge in [0.2, 0.25) is 0 Å². The molecule has 3 rings (SSSR count). The van der Waals surface area contributed by atoms with E-state index >= 15 is 0 Å². The molecule has 0 bridgehead atoms. The maximum atomic E-state index is 11.8. The Bertz CT molecular complexity index is 786. The topological polar surface area (TPSA) is 60.5 Å². The molecule has 3 aromatic rings. The molecule has 0 spiro atoms. The summed E-state index contributed by atoms with van der Waals surface area (Å²) in [6.45, 7) is 0.223. The van der Waals surface area contributed by atoms with E-state index in [9.17, 15) is 4.79 Å². The number of hydrogen-bond acceptors (Lipinski definition) is 5. The molecule has 0 saturated heterocycles. The quantitative estimate of drug-likeness (QED) is 0.789. The highest BCUT2D eigenvalue weighted by Gasteiger charge is 2.11. The van der Waals surface area contributed by atoms with Gasteiger partial charge in [0.25, 0.3) is 0 Å². The van der Waals surface area contributed by atoms with E-state index in [0.717, 1.165) is 15.8 Å². The van der Waals surface area contributed by atoms with Crippen molar-refractivity contribution in [3.05, 3.63) is 54.1 Å². The SMILES string of the molecule is COc1cccc2sc(NC(=O)OCc3ccccc3)nc12. The number of nitrogens with one attached hydrogen (secondary N) is 1. The molecule has 0 radical (unpaired) electrons. The van der Waals surface area contributed by atoms with Gasteiger partial charge in [-0.3, -0.25) is 5.32 Å². The molecular formula is C16H14N2O3S. The third-order valence-corrected chi connectivity index (χ3v) is 3.96. The summed E-state index contributed by atoms with van der Waals surface area (Å²) in [5.74, 6) is 0.680. The largest absolute Gasteiger partial charge is 0.494 e. The van der Waals surface area contributed by atoms with Gasteiger partial charge < -0.3 is 9.47 Å². The number of anilines is 1. The van der Waals surface area contributed by atoms with Crippen LogP contribution in [0, 0.1) is 0 Å². The highest BCUT2D eigenvalue weighted by Crippen LogP contribution is 2.32. The van der Waals surface area contributed by atoms with Crippen molar-refractivity contribution in [3.8, 4) is 5.75 Å². The molecule has 0 aliphatic heterocycles. The van der Waals surface area contributed by atoms with Crippen molar-refractivity contribution in [1.82, 2.24) is 4.98 Å².